The van der Waals surface area contributed by atoms with Crippen LogP contribution in [-0.2, 0) is 10.8 Å². The Labute approximate surface area is 189 Å². The molecule has 0 aliphatic rings. The van der Waals surface area contributed by atoms with Crippen LogP contribution in [0.5, 0.6) is 5.75 Å². The maximum Gasteiger partial charge on any atom is 0.169 e. The monoisotopic (exact) mass is 442 g/mol. The summed E-state index contributed by atoms with van der Waals surface area (Å²) in [5.74, 6) is 2.93. The van der Waals surface area contributed by atoms with Crippen molar-refractivity contribution < 1.29 is 5.11 Å². The fraction of sp³-hybridized carbons (Fsp3) is 0.435. The van der Waals surface area contributed by atoms with Gasteiger partial charge in [-0.15, -0.1) is 10.2 Å². The molecule has 0 bridgehead atoms. The lowest BCUT2D eigenvalue weighted by atomic mass is 9.78. The molecule has 0 amide bonds. The van der Waals surface area contributed by atoms with E-state index in [9.17, 15) is 5.11 Å². The maximum absolute atomic E-state index is 11.1. The third kappa shape index (κ3) is 4.37. The largest absolute Gasteiger partial charge is 0.507 e. The normalized spacial score (nSPS) is 13.5. The molecule has 1 atom stereocenters. The number of phenolic OH excluding ortho intramolecular Hbond substituents is 1. The molecule has 0 saturated carbocycles. The second-order valence-corrected chi connectivity index (χ2v) is 10.5. The average Bonchev–Trinajstić information content (AvgIpc) is 3.11. The van der Waals surface area contributed by atoms with E-state index in [2.05, 4.69) is 82.0 Å². The van der Waals surface area contributed by atoms with E-state index in [1.165, 1.54) is 0 Å². The van der Waals surface area contributed by atoms with E-state index in [0.29, 0.717) is 23.2 Å². The second kappa shape index (κ2) is 8.27. The predicted molar refractivity (Wildman–Crippen MR) is 129 cm³/mol. The van der Waals surface area contributed by atoms with Gasteiger partial charge >= 0.3 is 0 Å². The van der Waals surface area contributed by atoms with Gasteiger partial charge in [-0.05, 0) is 35.1 Å². The van der Waals surface area contributed by atoms with Gasteiger partial charge in [0.2, 0.25) is 0 Å². The summed E-state index contributed by atoms with van der Waals surface area (Å²) in [6.07, 6.45) is 1.75. The summed E-state index contributed by atoms with van der Waals surface area (Å²) in [5, 5.41) is 19.8. The molecule has 5 nitrogen and oxygen atoms in total. The molecule has 3 aromatic rings. The molecule has 1 aromatic carbocycles. The molecule has 0 spiro atoms. The smallest absolute Gasteiger partial charge is 0.169 e. The summed E-state index contributed by atoms with van der Waals surface area (Å²) < 4.78 is 1.93. The Bertz CT molecular complexity index is 999. The zero-order chi connectivity index (χ0) is 22.3. The van der Waals surface area contributed by atoms with Crippen LogP contribution in [0, 0.1) is 0 Å². The molecule has 1 N–H and O–H groups in total. The van der Waals surface area contributed by atoms with Gasteiger partial charge in [-0.25, -0.2) is 4.98 Å². The second-order valence-electron chi connectivity index (χ2n) is 9.52. The summed E-state index contributed by atoms with van der Waals surface area (Å²) in [6, 6.07) is 9.74. The van der Waals surface area contributed by atoms with Crippen molar-refractivity contribution in [1.29, 1.82) is 0 Å². The standard InChI is InChI=1S/C23H30N4OS2/c1-22(2,3)15-11-14(12-16(19(15)28)23(4,5)6)20-25-26-21(17(30)13-29)27(20)18-9-7-8-10-24-18/h7-12,17,28-30H,13H2,1-6H3. The van der Waals surface area contributed by atoms with Gasteiger partial charge in [0.15, 0.2) is 11.6 Å². The molecule has 2 heterocycles. The van der Waals surface area contributed by atoms with E-state index in [-0.39, 0.29) is 16.1 Å². The Morgan fingerprint density at radius 2 is 1.60 bits per heavy atom. The van der Waals surface area contributed by atoms with Crippen LogP contribution in [0.3, 0.4) is 0 Å². The van der Waals surface area contributed by atoms with Crippen molar-refractivity contribution in [3.8, 4) is 23.0 Å². The van der Waals surface area contributed by atoms with Gasteiger partial charge in [0.1, 0.15) is 11.6 Å². The number of aromatic hydroxyl groups is 1. The van der Waals surface area contributed by atoms with Gasteiger partial charge in [-0.1, -0.05) is 47.6 Å². The van der Waals surface area contributed by atoms with E-state index in [4.69, 9.17) is 0 Å². The number of hydrogen-bond acceptors (Lipinski definition) is 6. The topological polar surface area (TPSA) is 63.8 Å². The summed E-state index contributed by atoms with van der Waals surface area (Å²) in [6.45, 7) is 12.6. The van der Waals surface area contributed by atoms with Crippen LogP contribution in [0.4, 0.5) is 0 Å². The van der Waals surface area contributed by atoms with Crippen LogP contribution >= 0.6 is 25.3 Å². The first-order valence-corrected chi connectivity index (χ1v) is 11.1. The zero-order valence-electron chi connectivity index (χ0n) is 18.4. The molecule has 2 aromatic heterocycles. The van der Waals surface area contributed by atoms with Crippen molar-refractivity contribution in [2.45, 2.75) is 57.6 Å². The van der Waals surface area contributed by atoms with Crippen molar-refractivity contribution in [2.75, 3.05) is 5.75 Å². The molecule has 0 aliphatic carbocycles. The van der Waals surface area contributed by atoms with E-state index < -0.39 is 0 Å². The summed E-state index contributed by atoms with van der Waals surface area (Å²) in [7, 11) is 0. The molecule has 30 heavy (non-hydrogen) atoms. The zero-order valence-corrected chi connectivity index (χ0v) is 20.2. The molecule has 7 heteroatoms. The molecular formula is C23H30N4OS2. The molecule has 0 radical (unpaired) electrons. The molecule has 0 saturated heterocycles. The van der Waals surface area contributed by atoms with E-state index in [1.54, 1.807) is 6.20 Å². The minimum absolute atomic E-state index is 0.196. The fourth-order valence-corrected chi connectivity index (χ4v) is 3.73. The molecule has 0 fully saturated rings. The van der Waals surface area contributed by atoms with E-state index >= 15 is 0 Å². The quantitative estimate of drug-likeness (QED) is 0.465. The highest BCUT2D eigenvalue weighted by molar-refractivity contribution is 7.84. The number of benzene rings is 1. The Hall–Kier alpha value is -1.99. The first kappa shape index (κ1) is 22.7. The highest BCUT2D eigenvalue weighted by atomic mass is 32.1. The predicted octanol–water partition coefficient (Wildman–Crippen LogP) is 5.53. The van der Waals surface area contributed by atoms with E-state index in [0.717, 1.165) is 22.5 Å². The van der Waals surface area contributed by atoms with Crippen LogP contribution in [0.15, 0.2) is 36.5 Å². The Morgan fingerprint density at radius 3 is 2.07 bits per heavy atom. The minimum Gasteiger partial charge on any atom is -0.507 e. The Kier molecular flexibility index (Phi) is 6.25. The lowest BCUT2D eigenvalue weighted by Crippen LogP contribution is -2.18. The number of rotatable bonds is 4. The number of hydrogen-bond donors (Lipinski definition) is 3. The molecular weight excluding hydrogens is 412 g/mol. The third-order valence-electron chi connectivity index (χ3n) is 5.02. The van der Waals surface area contributed by atoms with Gasteiger partial charge in [-0.3, -0.25) is 4.57 Å². The van der Waals surface area contributed by atoms with Crippen LogP contribution in [0.25, 0.3) is 17.2 Å². The van der Waals surface area contributed by atoms with Gasteiger partial charge < -0.3 is 5.11 Å². The maximum atomic E-state index is 11.1. The van der Waals surface area contributed by atoms with Crippen LogP contribution in [-0.4, -0.2) is 30.6 Å². The van der Waals surface area contributed by atoms with Crippen molar-refractivity contribution >= 4 is 25.3 Å². The van der Waals surface area contributed by atoms with Crippen LogP contribution in [0.1, 0.15) is 63.7 Å². The molecule has 0 aliphatic heterocycles. The minimum atomic E-state index is -0.240. The highest BCUT2D eigenvalue weighted by Crippen LogP contribution is 2.42. The highest BCUT2D eigenvalue weighted by Gasteiger charge is 2.29. The van der Waals surface area contributed by atoms with Gasteiger partial charge in [0.05, 0.1) is 5.25 Å². The van der Waals surface area contributed by atoms with Gasteiger partial charge in [0, 0.05) is 28.6 Å². The van der Waals surface area contributed by atoms with Crippen LogP contribution in [0.2, 0.25) is 0 Å². The number of phenols is 1. The Balaban J connectivity index is 2.35. The van der Waals surface area contributed by atoms with Gasteiger partial charge in [0.25, 0.3) is 0 Å². The molecule has 3 rings (SSSR count). The summed E-state index contributed by atoms with van der Waals surface area (Å²) >= 11 is 9.04. The average molecular weight is 443 g/mol. The SMILES string of the molecule is CC(C)(C)c1cc(-c2nnc(C(S)CS)n2-c2ccccn2)cc(C(C)(C)C)c1O. The van der Waals surface area contributed by atoms with Crippen molar-refractivity contribution in [1.82, 2.24) is 19.7 Å². The molecule has 160 valence electrons. The summed E-state index contributed by atoms with van der Waals surface area (Å²) in [4.78, 5) is 4.52. The number of nitrogens with zero attached hydrogens (tertiary/aromatic N) is 4. The number of pyridine rings is 1. The van der Waals surface area contributed by atoms with Crippen molar-refractivity contribution in [3.05, 3.63) is 53.5 Å². The van der Waals surface area contributed by atoms with Crippen molar-refractivity contribution in [3.63, 3.8) is 0 Å². The number of thiol groups is 2. The number of aromatic nitrogens is 4. The third-order valence-corrected chi connectivity index (χ3v) is 6.09. The van der Waals surface area contributed by atoms with Gasteiger partial charge in [-0.2, -0.15) is 25.3 Å². The van der Waals surface area contributed by atoms with E-state index in [1.807, 2.05) is 34.9 Å². The lowest BCUT2D eigenvalue weighted by Gasteiger charge is -2.28. The first-order valence-electron chi connectivity index (χ1n) is 9.99. The fourth-order valence-electron chi connectivity index (χ4n) is 3.40. The first-order chi connectivity index (χ1) is 13.9. The molecule has 1 unspecified atom stereocenters. The Morgan fingerprint density at radius 1 is 1.00 bits per heavy atom. The van der Waals surface area contributed by atoms with Crippen LogP contribution < -0.4 is 0 Å². The van der Waals surface area contributed by atoms with Crippen molar-refractivity contribution in [2.24, 2.45) is 0 Å². The summed E-state index contributed by atoms with van der Waals surface area (Å²) in [5.41, 5.74) is 2.15. The lowest BCUT2D eigenvalue weighted by molar-refractivity contribution is 0.423.